The molecule has 0 aromatic heterocycles. The van der Waals surface area contributed by atoms with Crippen LogP contribution in [-0.2, 0) is 14.8 Å². The van der Waals surface area contributed by atoms with Crippen LogP contribution in [0.15, 0.2) is 29.2 Å². The number of rotatable bonds is 8. The van der Waals surface area contributed by atoms with Gasteiger partial charge in [0.05, 0.1) is 4.90 Å². The van der Waals surface area contributed by atoms with Gasteiger partial charge in [0.25, 0.3) is 0 Å². The molecule has 0 heterocycles. The Kier molecular flexibility index (Phi) is 7.13. The van der Waals surface area contributed by atoms with Crippen LogP contribution in [0.5, 0.6) is 0 Å². The minimum Gasteiger partial charge on any atom is -0.480 e. The number of carboxylic acid groups (broad SMARTS) is 1. The molecule has 1 aromatic carbocycles. The number of sulfonamides is 1. The minimum absolute atomic E-state index is 0.123. The number of nitrogens with one attached hydrogen (secondary N) is 1. The van der Waals surface area contributed by atoms with E-state index >= 15 is 0 Å². The van der Waals surface area contributed by atoms with E-state index < -0.39 is 22.0 Å². The number of hydrogen-bond donors (Lipinski definition) is 2. The Balaban J connectivity index is 2.09. The van der Waals surface area contributed by atoms with Crippen molar-refractivity contribution < 1.29 is 18.3 Å². The molecule has 0 spiro atoms. The maximum atomic E-state index is 12.4. The molecule has 0 bridgehead atoms. The van der Waals surface area contributed by atoms with Gasteiger partial charge in [-0.3, -0.25) is 4.79 Å². The summed E-state index contributed by atoms with van der Waals surface area (Å²) in [6.07, 6.45) is 8.15. The SMILES string of the molecule is CSCC[C@@H](NS(=O)(=O)c1ccc(C2CCCCC2)cc1)C(=O)O. The number of carbonyl (C=O) groups is 1. The van der Waals surface area contributed by atoms with Gasteiger partial charge in [-0.1, -0.05) is 31.4 Å². The highest BCUT2D eigenvalue weighted by Gasteiger charge is 2.25. The van der Waals surface area contributed by atoms with E-state index in [4.69, 9.17) is 0 Å². The van der Waals surface area contributed by atoms with Gasteiger partial charge in [-0.15, -0.1) is 0 Å². The van der Waals surface area contributed by atoms with Gasteiger partial charge >= 0.3 is 5.97 Å². The van der Waals surface area contributed by atoms with Crippen molar-refractivity contribution in [2.75, 3.05) is 12.0 Å². The molecule has 134 valence electrons. The second-order valence-electron chi connectivity index (χ2n) is 6.20. The molecule has 1 fully saturated rings. The molecule has 2 N–H and O–H groups in total. The van der Waals surface area contributed by atoms with Crippen LogP contribution in [0.2, 0.25) is 0 Å². The average molecular weight is 372 g/mol. The van der Waals surface area contributed by atoms with Crippen molar-refractivity contribution >= 4 is 27.8 Å². The van der Waals surface area contributed by atoms with Crippen LogP contribution in [0.4, 0.5) is 0 Å². The molecular formula is C17H25NO4S2. The summed E-state index contributed by atoms with van der Waals surface area (Å²) in [5.74, 6) is -0.0524. The van der Waals surface area contributed by atoms with Gasteiger partial charge < -0.3 is 5.11 Å². The first kappa shape index (κ1) is 19.3. The fraction of sp³-hybridized carbons (Fsp3) is 0.588. The number of carboxylic acids is 1. The van der Waals surface area contributed by atoms with Gasteiger partial charge in [0.1, 0.15) is 6.04 Å². The second-order valence-corrected chi connectivity index (χ2v) is 8.90. The number of thioether (sulfide) groups is 1. The van der Waals surface area contributed by atoms with Crippen LogP contribution in [-0.4, -0.2) is 37.5 Å². The van der Waals surface area contributed by atoms with E-state index in [-0.39, 0.29) is 11.3 Å². The van der Waals surface area contributed by atoms with Gasteiger partial charge in [-0.2, -0.15) is 16.5 Å². The van der Waals surface area contributed by atoms with E-state index in [1.54, 1.807) is 12.1 Å². The molecule has 1 atom stereocenters. The molecule has 0 radical (unpaired) electrons. The second kappa shape index (κ2) is 8.87. The van der Waals surface area contributed by atoms with Crippen LogP contribution in [0.3, 0.4) is 0 Å². The summed E-state index contributed by atoms with van der Waals surface area (Å²) in [7, 11) is -3.82. The summed E-state index contributed by atoms with van der Waals surface area (Å²) in [5, 5.41) is 9.19. The first-order valence-electron chi connectivity index (χ1n) is 8.28. The van der Waals surface area contributed by atoms with Crippen molar-refractivity contribution in [2.45, 2.75) is 55.4 Å². The largest absolute Gasteiger partial charge is 0.480 e. The van der Waals surface area contributed by atoms with Gasteiger partial charge in [-0.25, -0.2) is 8.42 Å². The highest BCUT2D eigenvalue weighted by Crippen LogP contribution is 2.32. The summed E-state index contributed by atoms with van der Waals surface area (Å²) in [6.45, 7) is 0. The van der Waals surface area contributed by atoms with E-state index in [1.165, 1.54) is 36.6 Å². The minimum atomic E-state index is -3.82. The quantitative estimate of drug-likeness (QED) is 0.733. The smallest absolute Gasteiger partial charge is 0.321 e. The van der Waals surface area contributed by atoms with E-state index in [0.717, 1.165) is 12.8 Å². The molecule has 5 nitrogen and oxygen atoms in total. The third-order valence-corrected chi connectivity index (χ3v) is 6.60. The monoisotopic (exact) mass is 371 g/mol. The summed E-state index contributed by atoms with van der Waals surface area (Å²) in [6, 6.07) is 5.80. The van der Waals surface area contributed by atoms with Crippen molar-refractivity contribution in [3.8, 4) is 0 Å². The summed E-state index contributed by atoms with van der Waals surface area (Å²) in [5.41, 5.74) is 1.17. The lowest BCUT2D eigenvalue weighted by Gasteiger charge is -2.22. The van der Waals surface area contributed by atoms with Crippen molar-refractivity contribution in [1.29, 1.82) is 0 Å². The van der Waals surface area contributed by atoms with Crippen molar-refractivity contribution in [3.05, 3.63) is 29.8 Å². The van der Waals surface area contributed by atoms with Crippen LogP contribution in [0.25, 0.3) is 0 Å². The van der Waals surface area contributed by atoms with Crippen LogP contribution < -0.4 is 4.72 Å². The molecule has 1 aromatic rings. The maximum Gasteiger partial charge on any atom is 0.321 e. The number of benzene rings is 1. The molecule has 0 aliphatic heterocycles. The van der Waals surface area contributed by atoms with E-state index in [0.29, 0.717) is 11.7 Å². The zero-order chi connectivity index (χ0) is 17.6. The Morgan fingerprint density at radius 3 is 2.42 bits per heavy atom. The van der Waals surface area contributed by atoms with Crippen LogP contribution >= 0.6 is 11.8 Å². The average Bonchev–Trinajstić information content (AvgIpc) is 2.59. The molecule has 0 saturated heterocycles. The third kappa shape index (κ3) is 5.22. The van der Waals surface area contributed by atoms with Gasteiger partial charge in [-0.05, 0) is 54.9 Å². The molecule has 0 amide bonds. The lowest BCUT2D eigenvalue weighted by Crippen LogP contribution is -2.41. The molecule has 1 saturated carbocycles. The lowest BCUT2D eigenvalue weighted by atomic mass is 9.84. The molecule has 1 aliphatic carbocycles. The predicted octanol–water partition coefficient (Wildman–Crippen LogP) is 3.22. The summed E-state index contributed by atoms with van der Waals surface area (Å²) in [4.78, 5) is 11.4. The Hall–Kier alpha value is -1.05. The normalized spacial score (nSPS) is 17.5. The fourth-order valence-electron chi connectivity index (χ4n) is 3.08. The summed E-state index contributed by atoms with van der Waals surface area (Å²) >= 11 is 1.49. The van der Waals surface area contributed by atoms with E-state index in [9.17, 15) is 18.3 Å². The Bertz CT molecular complexity index is 637. The highest BCUT2D eigenvalue weighted by molar-refractivity contribution is 7.98. The molecule has 24 heavy (non-hydrogen) atoms. The Labute approximate surface area is 148 Å². The number of hydrogen-bond acceptors (Lipinski definition) is 4. The lowest BCUT2D eigenvalue weighted by molar-refractivity contribution is -0.139. The van der Waals surface area contributed by atoms with Crippen molar-refractivity contribution in [2.24, 2.45) is 0 Å². The summed E-state index contributed by atoms with van der Waals surface area (Å²) < 4.78 is 27.1. The number of aliphatic carboxylic acids is 1. The van der Waals surface area contributed by atoms with E-state index in [1.807, 2.05) is 18.4 Å². The maximum absolute atomic E-state index is 12.4. The van der Waals surface area contributed by atoms with E-state index in [2.05, 4.69) is 4.72 Å². The first-order valence-corrected chi connectivity index (χ1v) is 11.2. The van der Waals surface area contributed by atoms with Crippen molar-refractivity contribution in [3.63, 3.8) is 0 Å². The Morgan fingerprint density at radius 2 is 1.88 bits per heavy atom. The third-order valence-electron chi connectivity index (χ3n) is 4.47. The standard InChI is InChI=1S/C17H25NO4S2/c1-23-12-11-16(17(19)20)18-24(21,22)15-9-7-14(8-10-15)13-5-3-2-4-6-13/h7-10,13,16,18H,2-6,11-12H2,1H3,(H,19,20)/t16-/m1/s1. The first-order chi connectivity index (χ1) is 11.4. The zero-order valence-electron chi connectivity index (χ0n) is 13.9. The van der Waals surface area contributed by atoms with Crippen LogP contribution in [0.1, 0.15) is 50.0 Å². The molecule has 7 heteroatoms. The van der Waals surface area contributed by atoms with Crippen molar-refractivity contribution in [1.82, 2.24) is 4.72 Å². The predicted molar refractivity (Wildman–Crippen MR) is 97.0 cm³/mol. The van der Waals surface area contributed by atoms with Gasteiger partial charge in [0.15, 0.2) is 0 Å². The molecule has 0 unspecified atom stereocenters. The molecule has 1 aliphatic rings. The van der Waals surface area contributed by atoms with Crippen LogP contribution in [0, 0.1) is 0 Å². The molecular weight excluding hydrogens is 346 g/mol. The van der Waals surface area contributed by atoms with Gasteiger partial charge in [0.2, 0.25) is 10.0 Å². The highest BCUT2D eigenvalue weighted by atomic mass is 32.2. The topological polar surface area (TPSA) is 83.5 Å². The Morgan fingerprint density at radius 1 is 1.25 bits per heavy atom. The molecule has 2 rings (SSSR count). The van der Waals surface area contributed by atoms with Gasteiger partial charge in [0, 0.05) is 0 Å². The zero-order valence-corrected chi connectivity index (χ0v) is 15.5. The fourth-order valence-corrected chi connectivity index (χ4v) is 4.77.